The molecular weight excluding hydrogens is 464 g/mol. The Morgan fingerprint density at radius 1 is 1.33 bits per heavy atom. The summed E-state index contributed by atoms with van der Waals surface area (Å²) < 4.78 is 17.2. The first-order valence-corrected chi connectivity index (χ1v) is 12.0. The van der Waals surface area contributed by atoms with E-state index >= 15 is 0 Å². The number of carbonyl (C=O) groups is 2. The fourth-order valence-electron chi connectivity index (χ4n) is 4.63. The van der Waals surface area contributed by atoms with E-state index in [9.17, 15) is 9.59 Å². The molecule has 3 aliphatic heterocycles. The van der Waals surface area contributed by atoms with E-state index in [2.05, 4.69) is 32.1 Å². The van der Waals surface area contributed by atoms with Crippen LogP contribution in [0.25, 0.3) is 0 Å². The number of nitrogens with zero attached hydrogens (tertiary/aromatic N) is 4. The molecule has 0 aliphatic carbocycles. The molecule has 3 amide bonds. The van der Waals surface area contributed by atoms with Crippen molar-refractivity contribution in [2.24, 2.45) is 0 Å². The molecule has 190 valence electrons. The third-order valence-corrected chi connectivity index (χ3v) is 6.28. The molecule has 5 rings (SSSR count). The first-order valence-electron chi connectivity index (χ1n) is 12.0. The fourth-order valence-corrected chi connectivity index (χ4v) is 4.63. The lowest BCUT2D eigenvalue weighted by atomic mass is 10.1. The average Bonchev–Trinajstić information content (AvgIpc) is 3.44. The fraction of sp³-hybridized carbons (Fsp3) is 0.440. The van der Waals surface area contributed by atoms with Crippen LogP contribution in [0.2, 0.25) is 0 Å². The summed E-state index contributed by atoms with van der Waals surface area (Å²) >= 11 is 0. The quantitative estimate of drug-likeness (QED) is 0.564. The van der Waals surface area contributed by atoms with Gasteiger partial charge in [0.1, 0.15) is 30.0 Å². The number of anilines is 3. The summed E-state index contributed by atoms with van der Waals surface area (Å²) in [6, 6.07) is 6.48. The molecule has 2 aromatic rings. The summed E-state index contributed by atoms with van der Waals surface area (Å²) in [4.78, 5) is 38.6. The van der Waals surface area contributed by atoms with E-state index in [0.29, 0.717) is 43.7 Å². The van der Waals surface area contributed by atoms with Gasteiger partial charge in [-0.3, -0.25) is 15.0 Å². The zero-order valence-corrected chi connectivity index (χ0v) is 20.4. The molecule has 11 heteroatoms. The normalized spacial score (nSPS) is 21.6. The Balaban J connectivity index is 1.30. The highest BCUT2D eigenvalue weighted by Gasteiger charge is 2.40. The molecule has 2 aromatic heterocycles. The number of fused-ring (bicyclic) bond motifs is 4. The van der Waals surface area contributed by atoms with Gasteiger partial charge in [0.15, 0.2) is 11.6 Å². The van der Waals surface area contributed by atoms with E-state index in [-0.39, 0.29) is 29.8 Å². The van der Waals surface area contributed by atoms with Gasteiger partial charge in [-0.15, -0.1) is 6.58 Å². The second-order valence-corrected chi connectivity index (χ2v) is 9.37. The maximum Gasteiger partial charge on any atom is 0.329 e. The topological polar surface area (TPSA) is 118 Å². The van der Waals surface area contributed by atoms with Gasteiger partial charge in [0.25, 0.3) is 5.91 Å². The van der Waals surface area contributed by atoms with Crippen LogP contribution in [0.4, 0.5) is 22.1 Å². The minimum Gasteiger partial charge on any atom is -0.491 e. The Kier molecular flexibility index (Phi) is 6.50. The standard InChI is InChI=1S/C25H30N6O5/c1-4-9-27-23(32)19-5-6-20-22(28-19)31(16-8-11-30(20)13-16)24(33)29-21-12-17(7-10-26-21)34-14-18-15-35-25(2,3)36-18/h4-7,10,12,16,18H,1,8-9,11,13-15H2,2-3H3,(H,27,32)(H,26,29,33). The van der Waals surface area contributed by atoms with Crippen LogP contribution >= 0.6 is 0 Å². The Morgan fingerprint density at radius 2 is 2.19 bits per heavy atom. The maximum absolute atomic E-state index is 13.4. The number of amides is 3. The molecule has 0 saturated carbocycles. The highest BCUT2D eigenvalue weighted by molar-refractivity contribution is 6.05. The molecule has 2 saturated heterocycles. The summed E-state index contributed by atoms with van der Waals surface area (Å²) in [5.74, 6) is 0.423. The van der Waals surface area contributed by atoms with Gasteiger partial charge in [-0.1, -0.05) is 6.08 Å². The molecule has 36 heavy (non-hydrogen) atoms. The van der Waals surface area contributed by atoms with E-state index < -0.39 is 5.79 Å². The molecule has 11 nitrogen and oxygen atoms in total. The summed E-state index contributed by atoms with van der Waals surface area (Å²) in [5, 5.41) is 5.59. The van der Waals surface area contributed by atoms with E-state index in [0.717, 1.165) is 18.7 Å². The monoisotopic (exact) mass is 494 g/mol. The molecule has 2 fully saturated rings. The number of aromatic nitrogens is 2. The van der Waals surface area contributed by atoms with Crippen LogP contribution in [0.5, 0.6) is 5.75 Å². The Morgan fingerprint density at radius 3 is 2.97 bits per heavy atom. The lowest BCUT2D eigenvalue weighted by Crippen LogP contribution is -2.48. The van der Waals surface area contributed by atoms with Gasteiger partial charge < -0.3 is 24.4 Å². The first kappa shape index (κ1) is 24.0. The van der Waals surface area contributed by atoms with Crippen LogP contribution < -0.4 is 25.2 Å². The number of pyridine rings is 2. The van der Waals surface area contributed by atoms with E-state index in [1.807, 2.05) is 19.9 Å². The molecule has 2 bridgehead atoms. The summed E-state index contributed by atoms with van der Waals surface area (Å²) in [6.45, 7) is 9.97. The van der Waals surface area contributed by atoms with Gasteiger partial charge in [-0.25, -0.2) is 14.8 Å². The van der Waals surface area contributed by atoms with Gasteiger partial charge >= 0.3 is 6.03 Å². The van der Waals surface area contributed by atoms with Gasteiger partial charge in [0.05, 0.1) is 18.3 Å². The smallest absolute Gasteiger partial charge is 0.329 e. The number of hydrogen-bond donors (Lipinski definition) is 2. The third kappa shape index (κ3) is 4.98. The van der Waals surface area contributed by atoms with Crippen LogP contribution in [0, 0.1) is 0 Å². The van der Waals surface area contributed by atoms with Crippen LogP contribution in [-0.2, 0) is 9.47 Å². The van der Waals surface area contributed by atoms with E-state index in [4.69, 9.17) is 14.2 Å². The zero-order chi connectivity index (χ0) is 25.3. The summed E-state index contributed by atoms with van der Waals surface area (Å²) in [6.07, 6.45) is 3.80. The van der Waals surface area contributed by atoms with Crippen molar-refractivity contribution in [1.82, 2.24) is 15.3 Å². The molecule has 5 heterocycles. The molecule has 0 radical (unpaired) electrons. The first-order chi connectivity index (χ1) is 17.3. The largest absolute Gasteiger partial charge is 0.491 e. The van der Waals surface area contributed by atoms with Crippen LogP contribution in [-0.4, -0.2) is 72.7 Å². The van der Waals surface area contributed by atoms with Gasteiger partial charge in [0.2, 0.25) is 0 Å². The van der Waals surface area contributed by atoms with Crippen LogP contribution in [0.3, 0.4) is 0 Å². The van der Waals surface area contributed by atoms with Gasteiger partial charge in [-0.2, -0.15) is 0 Å². The number of nitrogens with one attached hydrogen (secondary N) is 2. The van der Waals surface area contributed by atoms with Crippen molar-refractivity contribution < 1.29 is 23.8 Å². The van der Waals surface area contributed by atoms with Crippen molar-refractivity contribution in [1.29, 1.82) is 0 Å². The van der Waals surface area contributed by atoms with Crippen LogP contribution in [0.1, 0.15) is 30.8 Å². The van der Waals surface area contributed by atoms with E-state index in [1.54, 1.807) is 35.4 Å². The predicted octanol–water partition coefficient (Wildman–Crippen LogP) is 2.55. The van der Waals surface area contributed by atoms with Crippen LogP contribution in [0.15, 0.2) is 43.1 Å². The number of carbonyl (C=O) groups excluding carboxylic acids is 2. The highest BCUT2D eigenvalue weighted by atomic mass is 16.7. The molecule has 2 N–H and O–H groups in total. The lowest BCUT2D eigenvalue weighted by molar-refractivity contribution is -0.141. The number of urea groups is 1. The molecule has 0 aromatic carbocycles. The molecule has 3 aliphatic rings. The van der Waals surface area contributed by atoms with Crippen molar-refractivity contribution in [2.75, 3.05) is 48.0 Å². The molecule has 2 atom stereocenters. The minimum atomic E-state index is -0.619. The van der Waals surface area contributed by atoms with Crippen molar-refractivity contribution in [2.45, 2.75) is 38.2 Å². The minimum absolute atomic E-state index is 0.0567. The summed E-state index contributed by atoms with van der Waals surface area (Å²) in [5.41, 5.74) is 1.07. The third-order valence-electron chi connectivity index (χ3n) is 6.28. The van der Waals surface area contributed by atoms with Gasteiger partial charge in [-0.05, 0) is 38.5 Å². The second-order valence-electron chi connectivity index (χ2n) is 9.37. The lowest BCUT2D eigenvalue weighted by Gasteiger charge is -2.35. The Bertz CT molecular complexity index is 1170. The molecule has 0 spiro atoms. The highest BCUT2D eigenvalue weighted by Crippen LogP contribution is 2.39. The predicted molar refractivity (Wildman–Crippen MR) is 134 cm³/mol. The maximum atomic E-state index is 13.4. The number of rotatable bonds is 7. The van der Waals surface area contributed by atoms with Crippen molar-refractivity contribution in [3.05, 3.63) is 48.8 Å². The van der Waals surface area contributed by atoms with Crippen molar-refractivity contribution >= 4 is 29.3 Å². The van der Waals surface area contributed by atoms with Gasteiger partial charge in [0, 0.05) is 31.9 Å². The zero-order valence-electron chi connectivity index (χ0n) is 20.4. The van der Waals surface area contributed by atoms with Crippen molar-refractivity contribution in [3.8, 4) is 5.75 Å². The van der Waals surface area contributed by atoms with Crippen molar-refractivity contribution in [3.63, 3.8) is 0 Å². The summed E-state index contributed by atoms with van der Waals surface area (Å²) in [7, 11) is 0. The Hall–Kier alpha value is -3.70. The number of hydrogen-bond acceptors (Lipinski definition) is 8. The second kappa shape index (κ2) is 9.75. The SMILES string of the molecule is C=CCNC(=O)c1ccc2c(n1)N(C(=O)Nc1cc(OCC3COC(C)(C)O3)ccn1)C1CCN2C1. The Labute approximate surface area is 209 Å². The molecule has 2 unspecified atom stereocenters. The number of ether oxygens (including phenoxy) is 3. The average molecular weight is 495 g/mol. The molecular formula is C25H30N6O5. The van der Waals surface area contributed by atoms with E-state index in [1.165, 1.54) is 0 Å².